The van der Waals surface area contributed by atoms with Gasteiger partial charge in [-0.15, -0.1) is 0 Å². The number of nitrogens with one attached hydrogen (secondary N) is 1. The van der Waals surface area contributed by atoms with Crippen LogP contribution in [-0.2, 0) is 0 Å². The number of hydrogen-bond donors (Lipinski definition) is 1. The first kappa shape index (κ1) is 8.88. The molecular weight excluding hydrogens is 185 g/mol. The Bertz CT molecular complexity index is 284. The summed E-state index contributed by atoms with van der Waals surface area (Å²) in [7, 11) is 0. The molecule has 1 fully saturated rings. The van der Waals surface area contributed by atoms with Gasteiger partial charge in [0, 0.05) is 17.5 Å². The molecule has 1 heterocycles. The normalized spacial score (nSPS) is 21.8. The number of benzene rings is 1. The first-order chi connectivity index (χ1) is 6.34. The molecule has 1 atom stereocenters. The maximum absolute atomic E-state index is 12.8. The molecule has 0 aliphatic carbocycles. The predicted molar refractivity (Wildman–Crippen MR) is 55.8 cm³/mol. The lowest BCUT2D eigenvalue weighted by molar-refractivity contribution is 0.628. The van der Waals surface area contributed by atoms with E-state index in [-0.39, 0.29) is 5.82 Å². The molecule has 1 aromatic rings. The second kappa shape index (κ2) is 4.01. The van der Waals surface area contributed by atoms with Crippen LogP contribution in [0.1, 0.15) is 6.42 Å². The van der Waals surface area contributed by atoms with Gasteiger partial charge >= 0.3 is 0 Å². The smallest absolute Gasteiger partial charge is 0.125 e. The van der Waals surface area contributed by atoms with Gasteiger partial charge in [-0.1, -0.05) is 6.07 Å². The molecule has 70 valence electrons. The third-order valence-electron chi connectivity index (χ3n) is 2.13. The monoisotopic (exact) mass is 197 g/mol. The van der Waals surface area contributed by atoms with Gasteiger partial charge in [-0.2, -0.15) is 11.8 Å². The van der Waals surface area contributed by atoms with Crippen LogP contribution in [0, 0.1) is 5.82 Å². The van der Waals surface area contributed by atoms with Crippen LogP contribution in [0.4, 0.5) is 10.1 Å². The molecule has 0 aromatic heterocycles. The zero-order valence-electron chi connectivity index (χ0n) is 7.29. The average Bonchev–Trinajstić information content (AvgIpc) is 2.57. The van der Waals surface area contributed by atoms with E-state index >= 15 is 0 Å². The van der Waals surface area contributed by atoms with Gasteiger partial charge in [-0.25, -0.2) is 4.39 Å². The lowest BCUT2D eigenvalue weighted by Crippen LogP contribution is -2.17. The number of hydrogen-bond acceptors (Lipinski definition) is 2. The van der Waals surface area contributed by atoms with Crippen molar-refractivity contribution in [2.75, 3.05) is 16.8 Å². The zero-order chi connectivity index (χ0) is 9.10. The van der Waals surface area contributed by atoms with E-state index in [4.69, 9.17) is 0 Å². The van der Waals surface area contributed by atoms with Crippen molar-refractivity contribution < 1.29 is 4.39 Å². The number of thioether (sulfide) groups is 1. The minimum atomic E-state index is -0.171. The number of halogens is 1. The van der Waals surface area contributed by atoms with Gasteiger partial charge in [0.25, 0.3) is 0 Å². The van der Waals surface area contributed by atoms with Crippen molar-refractivity contribution in [3.8, 4) is 0 Å². The van der Waals surface area contributed by atoms with E-state index in [1.165, 1.54) is 18.2 Å². The Kier molecular flexibility index (Phi) is 2.74. The summed E-state index contributed by atoms with van der Waals surface area (Å²) < 4.78 is 12.8. The lowest BCUT2D eigenvalue weighted by Gasteiger charge is -2.12. The molecule has 0 spiro atoms. The van der Waals surface area contributed by atoms with E-state index in [0.717, 1.165) is 11.4 Å². The Morgan fingerprint density at radius 2 is 2.38 bits per heavy atom. The second-order valence-corrected chi connectivity index (χ2v) is 4.37. The first-order valence-electron chi connectivity index (χ1n) is 4.44. The van der Waals surface area contributed by atoms with Gasteiger partial charge in [0.2, 0.25) is 0 Å². The van der Waals surface area contributed by atoms with Crippen LogP contribution in [0.5, 0.6) is 0 Å². The second-order valence-electron chi connectivity index (χ2n) is 3.22. The third-order valence-corrected chi connectivity index (χ3v) is 3.29. The maximum atomic E-state index is 12.8. The van der Waals surface area contributed by atoms with Crippen molar-refractivity contribution in [2.45, 2.75) is 12.5 Å². The molecule has 1 aliphatic heterocycles. The Morgan fingerprint density at radius 3 is 3.08 bits per heavy atom. The number of rotatable bonds is 2. The molecule has 2 rings (SSSR count). The van der Waals surface area contributed by atoms with E-state index < -0.39 is 0 Å². The van der Waals surface area contributed by atoms with Crippen molar-refractivity contribution in [3.63, 3.8) is 0 Å². The molecule has 0 bridgehead atoms. The van der Waals surface area contributed by atoms with Crippen molar-refractivity contribution in [1.29, 1.82) is 0 Å². The van der Waals surface area contributed by atoms with Gasteiger partial charge in [-0.3, -0.25) is 0 Å². The molecule has 0 radical (unpaired) electrons. The summed E-state index contributed by atoms with van der Waals surface area (Å²) in [6.45, 7) is 0. The zero-order valence-corrected chi connectivity index (χ0v) is 8.11. The summed E-state index contributed by atoms with van der Waals surface area (Å²) in [5.41, 5.74) is 0.896. The minimum Gasteiger partial charge on any atom is -0.381 e. The van der Waals surface area contributed by atoms with Crippen LogP contribution in [0.15, 0.2) is 24.3 Å². The Hall–Kier alpha value is -0.700. The molecule has 0 amide bonds. The molecule has 1 aromatic carbocycles. The molecule has 3 heteroatoms. The van der Waals surface area contributed by atoms with Crippen LogP contribution >= 0.6 is 11.8 Å². The summed E-state index contributed by atoms with van der Waals surface area (Å²) in [4.78, 5) is 0. The van der Waals surface area contributed by atoms with Gasteiger partial charge in [0.1, 0.15) is 5.82 Å². The van der Waals surface area contributed by atoms with Gasteiger partial charge in [0.05, 0.1) is 0 Å². The molecule has 1 nitrogen and oxygen atoms in total. The van der Waals surface area contributed by atoms with Crippen LogP contribution in [-0.4, -0.2) is 17.5 Å². The Labute approximate surface area is 81.7 Å². The predicted octanol–water partition coefficient (Wildman–Crippen LogP) is 2.74. The summed E-state index contributed by atoms with van der Waals surface area (Å²) >= 11 is 1.95. The first-order valence-corrected chi connectivity index (χ1v) is 5.60. The fourth-order valence-electron chi connectivity index (χ4n) is 1.46. The van der Waals surface area contributed by atoms with Gasteiger partial charge in [-0.05, 0) is 30.4 Å². The van der Waals surface area contributed by atoms with Crippen LogP contribution in [0.25, 0.3) is 0 Å². The van der Waals surface area contributed by atoms with Gasteiger partial charge < -0.3 is 5.32 Å². The van der Waals surface area contributed by atoms with Crippen molar-refractivity contribution >= 4 is 17.4 Å². The van der Waals surface area contributed by atoms with E-state index in [0.29, 0.717) is 6.04 Å². The van der Waals surface area contributed by atoms with Crippen molar-refractivity contribution in [3.05, 3.63) is 30.1 Å². The maximum Gasteiger partial charge on any atom is 0.125 e. The quantitative estimate of drug-likeness (QED) is 0.782. The van der Waals surface area contributed by atoms with E-state index in [1.54, 1.807) is 12.1 Å². The molecule has 1 saturated heterocycles. The highest BCUT2D eigenvalue weighted by molar-refractivity contribution is 7.99. The molecule has 1 aliphatic rings. The standard InChI is InChI=1S/C10H12FNS/c11-8-2-1-3-9(6-8)12-10-4-5-13-7-10/h1-3,6,10,12H,4-5,7H2. The summed E-state index contributed by atoms with van der Waals surface area (Å²) in [5, 5.41) is 3.32. The fraction of sp³-hybridized carbons (Fsp3) is 0.400. The van der Waals surface area contributed by atoms with E-state index in [9.17, 15) is 4.39 Å². The average molecular weight is 197 g/mol. The number of anilines is 1. The lowest BCUT2D eigenvalue weighted by atomic mass is 10.2. The summed E-state index contributed by atoms with van der Waals surface area (Å²) in [6.07, 6.45) is 1.18. The van der Waals surface area contributed by atoms with E-state index in [2.05, 4.69) is 5.32 Å². The largest absolute Gasteiger partial charge is 0.381 e. The van der Waals surface area contributed by atoms with Crippen LogP contribution in [0.2, 0.25) is 0 Å². The Morgan fingerprint density at radius 1 is 1.46 bits per heavy atom. The fourth-order valence-corrected chi connectivity index (χ4v) is 2.61. The third kappa shape index (κ3) is 2.37. The van der Waals surface area contributed by atoms with Gasteiger partial charge in [0.15, 0.2) is 0 Å². The molecule has 0 saturated carbocycles. The van der Waals surface area contributed by atoms with Crippen molar-refractivity contribution in [1.82, 2.24) is 0 Å². The van der Waals surface area contributed by atoms with Crippen LogP contribution in [0.3, 0.4) is 0 Å². The Balaban J connectivity index is 2.00. The highest BCUT2D eigenvalue weighted by atomic mass is 32.2. The van der Waals surface area contributed by atoms with E-state index in [1.807, 2.05) is 17.8 Å². The molecular formula is C10H12FNS. The molecule has 13 heavy (non-hydrogen) atoms. The topological polar surface area (TPSA) is 12.0 Å². The summed E-state index contributed by atoms with van der Waals surface area (Å²) in [6, 6.07) is 7.18. The molecule has 1 unspecified atom stereocenters. The highest BCUT2D eigenvalue weighted by Crippen LogP contribution is 2.21. The van der Waals surface area contributed by atoms with Crippen LogP contribution < -0.4 is 5.32 Å². The van der Waals surface area contributed by atoms with Crippen molar-refractivity contribution in [2.24, 2.45) is 0 Å². The SMILES string of the molecule is Fc1cccc(NC2CCSC2)c1. The summed E-state index contributed by atoms with van der Waals surface area (Å²) in [5.74, 6) is 2.18. The highest BCUT2D eigenvalue weighted by Gasteiger charge is 2.14. The minimum absolute atomic E-state index is 0.171. The molecule has 1 N–H and O–H groups in total.